The molecule has 1 aliphatic rings. The molecule has 3 rings (SSSR count). The van der Waals surface area contributed by atoms with Crippen LogP contribution in [0.5, 0.6) is 0 Å². The van der Waals surface area contributed by atoms with E-state index in [1.54, 1.807) is 18.6 Å². The van der Waals surface area contributed by atoms with Crippen LogP contribution in [0.1, 0.15) is 36.4 Å². The number of nitrogens with zero attached hydrogens (tertiary/aromatic N) is 3. The SMILES string of the molecule is O=C(Cc1cnccn1)N1CCCC(c2ccccc2)CC1. The average Bonchev–Trinajstić information content (AvgIpc) is 2.83. The predicted molar refractivity (Wildman–Crippen MR) is 85.4 cm³/mol. The Balaban J connectivity index is 1.59. The Morgan fingerprint density at radius 3 is 2.77 bits per heavy atom. The summed E-state index contributed by atoms with van der Waals surface area (Å²) in [6, 6.07) is 10.6. The summed E-state index contributed by atoms with van der Waals surface area (Å²) in [4.78, 5) is 22.6. The zero-order valence-corrected chi connectivity index (χ0v) is 12.7. The molecule has 114 valence electrons. The summed E-state index contributed by atoms with van der Waals surface area (Å²) in [5.41, 5.74) is 2.14. The van der Waals surface area contributed by atoms with E-state index in [9.17, 15) is 4.79 Å². The molecular formula is C18H21N3O. The average molecular weight is 295 g/mol. The highest BCUT2D eigenvalue weighted by Crippen LogP contribution is 2.27. The number of amides is 1. The van der Waals surface area contributed by atoms with Crippen LogP contribution in [-0.2, 0) is 11.2 Å². The molecule has 1 fully saturated rings. The fourth-order valence-electron chi connectivity index (χ4n) is 3.09. The lowest BCUT2D eigenvalue weighted by atomic mass is 9.92. The first kappa shape index (κ1) is 14.7. The molecule has 0 bridgehead atoms. The smallest absolute Gasteiger partial charge is 0.228 e. The maximum Gasteiger partial charge on any atom is 0.228 e. The maximum absolute atomic E-state index is 12.4. The van der Waals surface area contributed by atoms with Gasteiger partial charge in [0.15, 0.2) is 0 Å². The van der Waals surface area contributed by atoms with Crippen molar-refractivity contribution in [3.63, 3.8) is 0 Å². The molecule has 4 nitrogen and oxygen atoms in total. The minimum Gasteiger partial charge on any atom is -0.342 e. The molecule has 1 aromatic carbocycles. The van der Waals surface area contributed by atoms with Gasteiger partial charge in [0, 0.05) is 31.7 Å². The van der Waals surface area contributed by atoms with Crippen LogP contribution in [0.25, 0.3) is 0 Å². The summed E-state index contributed by atoms with van der Waals surface area (Å²) >= 11 is 0. The molecule has 4 heteroatoms. The van der Waals surface area contributed by atoms with E-state index >= 15 is 0 Å². The Bertz CT molecular complexity index is 600. The van der Waals surface area contributed by atoms with Gasteiger partial charge in [-0.05, 0) is 30.7 Å². The van der Waals surface area contributed by atoms with Crippen molar-refractivity contribution >= 4 is 5.91 Å². The van der Waals surface area contributed by atoms with Crippen molar-refractivity contribution in [3.05, 3.63) is 60.2 Å². The zero-order valence-electron chi connectivity index (χ0n) is 12.7. The van der Waals surface area contributed by atoms with Gasteiger partial charge in [0.1, 0.15) is 0 Å². The Hall–Kier alpha value is -2.23. The van der Waals surface area contributed by atoms with E-state index in [-0.39, 0.29) is 5.91 Å². The number of carbonyl (C=O) groups is 1. The Morgan fingerprint density at radius 2 is 2.00 bits per heavy atom. The first-order valence-electron chi connectivity index (χ1n) is 7.90. The molecule has 0 N–H and O–H groups in total. The lowest BCUT2D eigenvalue weighted by molar-refractivity contribution is -0.130. The number of carbonyl (C=O) groups excluding carboxylic acids is 1. The molecule has 1 unspecified atom stereocenters. The van der Waals surface area contributed by atoms with Crippen molar-refractivity contribution in [1.29, 1.82) is 0 Å². The molecular weight excluding hydrogens is 274 g/mol. The van der Waals surface area contributed by atoms with Crippen LogP contribution in [0.4, 0.5) is 0 Å². The van der Waals surface area contributed by atoms with Gasteiger partial charge in [0.2, 0.25) is 5.91 Å². The van der Waals surface area contributed by atoms with Crippen molar-refractivity contribution in [1.82, 2.24) is 14.9 Å². The zero-order chi connectivity index (χ0) is 15.2. The van der Waals surface area contributed by atoms with Gasteiger partial charge in [0.25, 0.3) is 0 Å². The first-order chi connectivity index (χ1) is 10.8. The van der Waals surface area contributed by atoms with Crippen molar-refractivity contribution < 1.29 is 4.79 Å². The third-order valence-corrected chi connectivity index (χ3v) is 4.30. The minimum atomic E-state index is 0.161. The van der Waals surface area contributed by atoms with E-state index in [1.807, 2.05) is 4.90 Å². The molecule has 2 heterocycles. The summed E-state index contributed by atoms with van der Waals surface area (Å²) in [7, 11) is 0. The summed E-state index contributed by atoms with van der Waals surface area (Å²) in [6.07, 6.45) is 8.54. The van der Waals surface area contributed by atoms with Crippen molar-refractivity contribution in [2.24, 2.45) is 0 Å². The number of likely N-dealkylation sites (tertiary alicyclic amines) is 1. The quantitative estimate of drug-likeness (QED) is 0.874. The van der Waals surface area contributed by atoms with Crippen LogP contribution in [0.15, 0.2) is 48.9 Å². The van der Waals surface area contributed by atoms with E-state index in [0.717, 1.165) is 38.0 Å². The molecule has 22 heavy (non-hydrogen) atoms. The van der Waals surface area contributed by atoms with Gasteiger partial charge < -0.3 is 4.90 Å². The summed E-state index contributed by atoms with van der Waals surface area (Å²) < 4.78 is 0. The maximum atomic E-state index is 12.4. The minimum absolute atomic E-state index is 0.161. The van der Waals surface area contributed by atoms with E-state index < -0.39 is 0 Å². The second-order valence-corrected chi connectivity index (χ2v) is 5.79. The topological polar surface area (TPSA) is 46.1 Å². The highest BCUT2D eigenvalue weighted by Gasteiger charge is 2.21. The van der Waals surface area contributed by atoms with Gasteiger partial charge in [-0.2, -0.15) is 0 Å². The van der Waals surface area contributed by atoms with E-state index in [0.29, 0.717) is 12.3 Å². The summed E-state index contributed by atoms with van der Waals surface area (Å²) in [6.45, 7) is 1.68. The fraction of sp³-hybridized carbons (Fsp3) is 0.389. The largest absolute Gasteiger partial charge is 0.342 e. The van der Waals surface area contributed by atoms with Gasteiger partial charge in [-0.1, -0.05) is 30.3 Å². The van der Waals surface area contributed by atoms with Crippen LogP contribution in [0.2, 0.25) is 0 Å². The van der Waals surface area contributed by atoms with E-state index in [4.69, 9.17) is 0 Å². The Morgan fingerprint density at radius 1 is 1.14 bits per heavy atom. The number of hydrogen-bond acceptors (Lipinski definition) is 3. The lowest BCUT2D eigenvalue weighted by Crippen LogP contribution is -2.33. The van der Waals surface area contributed by atoms with Gasteiger partial charge >= 0.3 is 0 Å². The van der Waals surface area contributed by atoms with Crippen LogP contribution < -0.4 is 0 Å². The van der Waals surface area contributed by atoms with E-state index in [2.05, 4.69) is 40.3 Å². The molecule has 1 saturated heterocycles. The molecule has 0 aliphatic carbocycles. The normalized spacial score (nSPS) is 18.7. The molecule has 0 saturated carbocycles. The molecule has 1 aliphatic heterocycles. The highest BCUT2D eigenvalue weighted by atomic mass is 16.2. The Kier molecular flexibility index (Phi) is 4.78. The van der Waals surface area contributed by atoms with Crippen LogP contribution in [-0.4, -0.2) is 33.9 Å². The Labute approximate surface area is 131 Å². The van der Waals surface area contributed by atoms with Crippen LogP contribution in [0, 0.1) is 0 Å². The predicted octanol–water partition coefficient (Wildman–Crippen LogP) is 2.82. The molecule has 1 amide bonds. The third kappa shape index (κ3) is 3.70. The number of hydrogen-bond donors (Lipinski definition) is 0. The summed E-state index contributed by atoms with van der Waals surface area (Å²) in [5, 5.41) is 0. The van der Waals surface area contributed by atoms with Crippen LogP contribution in [0.3, 0.4) is 0 Å². The number of rotatable bonds is 3. The monoisotopic (exact) mass is 295 g/mol. The molecule has 0 spiro atoms. The summed E-state index contributed by atoms with van der Waals surface area (Å²) in [5.74, 6) is 0.727. The van der Waals surface area contributed by atoms with E-state index in [1.165, 1.54) is 5.56 Å². The van der Waals surface area contributed by atoms with Crippen LogP contribution >= 0.6 is 0 Å². The van der Waals surface area contributed by atoms with Crippen molar-refractivity contribution in [2.45, 2.75) is 31.6 Å². The molecule has 1 atom stereocenters. The molecule has 2 aromatic rings. The van der Waals surface area contributed by atoms with Gasteiger partial charge in [-0.25, -0.2) is 0 Å². The molecule has 0 radical (unpaired) electrons. The highest BCUT2D eigenvalue weighted by molar-refractivity contribution is 5.78. The van der Waals surface area contributed by atoms with Crippen molar-refractivity contribution in [3.8, 4) is 0 Å². The second kappa shape index (κ2) is 7.16. The standard InChI is InChI=1S/C18H21N3O/c22-18(13-17-14-19-9-10-20-17)21-11-4-7-16(8-12-21)15-5-2-1-3-6-15/h1-3,5-6,9-10,14,16H,4,7-8,11-13H2. The number of benzene rings is 1. The number of aromatic nitrogens is 2. The first-order valence-corrected chi connectivity index (χ1v) is 7.90. The molecule has 1 aromatic heterocycles. The fourth-order valence-corrected chi connectivity index (χ4v) is 3.09. The van der Waals surface area contributed by atoms with Gasteiger partial charge in [-0.3, -0.25) is 14.8 Å². The van der Waals surface area contributed by atoms with Gasteiger partial charge in [0.05, 0.1) is 12.1 Å². The van der Waals surface area contributed by atoms with Gasteiger partial charge in [-0.15, -0.1) is 0 Å². The van der Waals surface area contributed by atoms with Crippen molar-refractivity contribution in [2.75, 3.05) is 13.1 Å². The second-order valence-electron chi connectivity index (χ2n) is 5.79. The third-order valence-electron chi connectivity index (χ3n) is 4.30. The lowest BCUT2D eigenvalue weighted by Gasteiger charge is -2.20.